The highest BCUT2D eigenvalue weighted by Crippen LogP contribution is 2.38. The molecule has 0 aliphatic rings. The Kier molecular flexibility index (Phi) is 13.4. The maximum atomic E-state index is 14.9. The molecule has 3 aromatic carbocycles. The van der Waals surface area contributed by atoms with Crippen LogP contribution in [-0.4, -0.2) is 63.6 Å². The number of aryl methyl sites for hydroxylation is 2. The largest absolute Gasteiger partial charge is 0.496 e. The van der Waals surface area contributed by atoms with E-state index in [9.17, 15) is 18.4 Å². The lowest BCUT2D eigenvalue weighted by Crippen LogP contribution is -2.14. The molecular weight excluding hydrogens is 815 g/mol. The van der Waals surface area contributed by atoms with Crippen LogP contribution in [0.2, 0.25) is 10.0 Å². The predicted octanol–water partition coefficient (Wildman–Crippen LogP) is 9.33. The van der Waals surface area contributed by atoms with Gasteiger partial charge in [-0.1, -0.05) is 33.5 Å². The molecule has 0 radical (unpaired) electrons. The van der Waals surface area contributed by atoms with Gasteiger partial charge in [-0.3, -0.25) is 9.59 Å². The Hall–Kier alpha value is -6.13. The summed E-state index contributed by atoms with van der Waals surface area (Å²) >= 11 is 12.7. The van der Waals surface area contributed by atoms with Gasteiger partial charge in [0.25, 0.3) is 11.8 Å². The van der Waals surface area contributed by atoms with Crippen molar-refractivity contribution in [2.75, 3.05) is 14.2 Å². The SMILES string of the molecule is COc1c(CCC(=O)OC(=O)CCc2cc(F)cc(-c3noc(-c4cnc(OC(C)C)c(Cl)c4)n3)c2OC)cc(F)cc1-c1noc(-c2ccc(OC(C)C)c(Cl)c2)n1. The fourth-order valence-corrected chi connectivity index (χ4v) is 6.36. The number of nitrogens with zero attached hydrogens (tertiary/aromatic N) is 5. The van der Waals surface area contributed by atoms with Crippen LogP contribution >= 0.6 is 23.2 Å². The van der Waals surface area contributed by atoms with Gasteiger partial charge >= 0.3 is 11.9 Å². The molecule has 3 heterocycles. The van der Waals surface area contributed by atoms with Crippen LogP contribution in [0.1, 0.15) is 51.7 Å². The summed E-state index contributed by atoms with van der Waals surface area (Å²) in [6, 6.07) is 11.2. The monoisotopic (exact) mass is 851 g/mol. The zero-order chi connectivity index (χ0) is 42.4. The lowest BCUT2D eigenvalue weighted by atomic mass is 10.0. The molecule has 0 saturated carbocycles. The number of hydrogen-bond donors (Lipinski definition) is 0. The van der Waals surface area contributed by atoms with E-state index in [1.54, 1.807) is 24.3 Å². The first kappa shape index (κ1) is 42.5. The van der Waals surface area contributed by atoms with Crippen molar-refractivity contribution in [3.8, 4) is 68.8 Å². The summed E-state index contributed by atoms with van der Waals surface area (Å²) < 4.78 is 68.1. The first-order valence-electron chi connectivity index (χ1n) is 18.2. The molecule has 0 spiro atoms. The van der Waals surface area contributed by atoms with Crippen LogP contribution in [0, 0.1) is 11.6 Å². The standard InChI is InChI=1S/C41H37Cl2F2N5O9/c1-20(2)55-32-10-7-24(15-30(32)42)39-47-37(49-58-39)28-17-26(44)13-22(35(28)53-5)8-11-33(51)57-34(52)12-9-23-14-27(45)18-29(36(23)54-6)38-48-40(59-50-38)25-16-31(43)41(46-19-25)56-21(3)4/h7,10,13-21H,8-9,11-12H2,1-6H3. The van der Waals surface area contributed by atoms with Crippen LogP contribution in [0.4, 0.5) is 8.78 Å². The van der Waals surface area contributed by atoms with E-state index < -0.39 is 23.6 Å². The average Bonchev–Trinajstić information content (AvgIpc) is 3.89. The molecule has 0 amide bonds. The van der Waals surface area contributed by atoms with Crippen LogP contribution in [0.15, 0.2) is 63.8 Å². The molecule has 18 heteroatoms. The predicted molar refractivity (Wildman–Crippen MR) is 210 cm³/mol. The van der Waals surface area contributed by atoms with E-state index in [4.69, 9.17) is 55.9 Å². The molecule has 0 saturated heterocycles. The molecule has 0 bridgehead atoms. The van der Waals surface area contributed by atoms with Crippen LogP contribution in [0.5, 0.6) is 23.1 Å². The number of benzene rings is 3. The van der Waals surface area contributed by atoms with Crippen molar-refractivity contribution in [1.29, 1.82) is 0 Å². The van der Waals surface area contributed by atoms with Gasteiger partial charge in [0.05, 0.1) is 61.0 Å². The zero-order valence-electron chi connectivity index (χ0n) is 32.6. The molecule has 0 aliphatic carbocycles. The van der Waals surface area contributed by atoms with E-state index in [-0.39, 0.29) is 106 Å². The van der Waals surface area contributed by atoms with Crippen LogP contribution in [-0.2, 0) is 27.2 Å². The molecule has 0 aliphatic heterocycles. The topological polar surface area (TPSA) is 171 Å². The summed E-state index contributed by atoms with van der Waals surface area (Å²) in [7, 11) is 2.73. The minimum absolute atomic E-state index is 0.00282. The summed E-state index contributed by atoms with van der Waals surface area (Å²) in [4.78, 5) is 38.6. The summed E-state index contributed by atoms with van der Waals surface area (Å²) in [6.45, 7) is 7.42. The van der Waals surface area contributed by atoms with Gasteiger partial charge in [-0.05, 0) is 100 Å². The smallest absolute Gasteiger partial charge is 0.313 e. The second-order valence-electron chi connectivity index (χ2n) is 13.5. The molecule has 0 fully saturated rings. The number of ether oxygens (including phenoxy) is 5. The minimum atomic E-state index is -0.880. The number of pyridine rings is 1. The number of methoxy groups -OCH3 is 2. The Bertz CT molecular complexity index is 2320. The van der Waals surface area contributed by atoms with Crippen molar-refractivity contribution in [3.05, 3.63) is 87.5 Å². The third-order valence-electron chi connectivity index (χ3n) is 8.37. The van der Waals surface area contributed by atoms with Gasteiger partial charge in [0, 0.05) is 11.8 Å². The Morgan fingerprint density at radius 1 is 0.695 bits per heavy atom. The Labute approximate surface area is 346 Å². The Morgan fingerprint density at radius 3 is 1.68 bits per heavy atom. The van der Waals surface area contributed by atoms with Crippen molar-refractivity contribution in [2.45, 2.75) is 65.6 Å². The van der Waals surface area contributed by atoms with Gasteiger partial charge in [-0.2, -0.15) is 9.97 Å². The van der Waals surface area contributed by atoms with Crippen molar-refractivity contribution < 1.29 is 51.1 Å². The van der Waals surface area contributed by atoms with Crippen molar-refractivity contribution in [1.82, 2.24) is 25.3 Å². The number of aromatic nitrogens is 5. The number of carbonyl (C=O) groups is 2. The fraction of sp³-hybridized carbons (Fsp3) is 0.293. The van der Waals surface area contributed by atoms with Gasteiger partial charge in [-0.15, -0.1) is 0 Å². The van der Waals surface area contributed by atoms with Crippen LogP contribution in [0.3, 0.4) is 0 Å². The molecule has 14 nitrogen and oxygen atoms in total. The number of halogens is 4. The fourth-order valence-electron chi connectivity index (χ4n) is 5.92. The lowest BCUT2D eigenvalue weighted by Gasteiger charge is -2.13. The van der Waals surface area contributed by atoms with Crippen molar-refractivity contribution >= 4 is 35.1 Å². The minimum Gasteiger partial charge on any atom is -0.496 e. The second kappa shape index (κ2) is 18.6. The van der Waals surface area contributed by atoms with E-state index in [0.717, 1.165) is 6.07 Å². The molecule has 3 aromatic heterocycles. The molecule has 6 rings (SSSR count). The number of hydrogen-bond acceptors (Lipinski definition) is 14. The van der Waals surface area contributed by atoms with E-state index >= 15 is 0 Å². The lowest BCUT2D eigenvalue weighted by molar-refractivity contribution is -0.159. The number of carbonyl (C=O) groups excluding carboxylic acids is 2. The molecule has 0 atom stereocenters. The Balaban J connectivity index is 1.09. The maximum absolute atomic E-state index is 14.9. The van der Waals surface area contributed by atoms with Crippen LogP contribution < -0.4 is 18.9 Å². The second-order valence-corrected chi connectivity index (χ2v) is 14.3. The van der Waals surface area contributed by atoms with E-state index in [0.29, 0.717) is 21.9 Å². The van der Waals surface area contributed by atoms with Crippen molar-refractivity contribution in [2.24, 2.45) is 0 Å². The molecule has 59 heavy (non-hydrogen) atoms. The van der Waals surface area contributed by atoms with Crippen LogP contribution in [0.25, 0.3) is 45.7 Å². The molecular formula is C41H37Cl2F2N5O9. The maximum Gasteiger partial charge on any atom is 0.313 e. The molecule has 0 unspecified atom stereocenters. The summed E-state index contributed by atoms with van der Waals surface area (Å²) in [5.74, 6) is -1.80. The van der Waals surface area contributed by atoms with E-state index in [1.807, 2.05) is 27.7 Å². The molecule has 6 aromatic rings. The van der Waals surface area contributed by atoms with Gasteiger partial charge in [-0.25, -0.2) is 13.8 Å². The van der Waals surface area contributed by atoms with Gasteiger partial charge in [0.15, 0.2) is 0 Å². The normalized spacial score (nSPS) is 11.3. The van der Waals surface area contributed by atoms with Gasteiger partial charge < -0.3 is 32.7 Å². The summed E-state index contributed by atoms with van der Waals surface area (Å²) in [5, 5.41) is 8.55. The summed E-state index contributed by atoms with van der Waals surface area (Å²) in [5.41, 5.74) is 1.78. The Morgan fingerprint density at radius 2 is 1.20 bits per heavy atom. The third kappa shape index (κ3) is 10.3. The van der Waals surface area contributed by atoms with Crippen molar-refractivity contribution in [3.63, 3.8) is 0 Å². The molecule has 0 N–H and O–H groups in total. The first-order chi connectivity index (χ1) is 28.2. The first-order valence-corrected chi connectivity index (χ1v) is 18.9. The van der Waals surface area contributed by atoms with E-state index in [2.05, 4.69) is 25.3 Å². The highest BCUT2D eigenvalue weighted by atomic mass is 35.5. The highest BCUT2D eigenvalue weighted by Gasteiger charge is 2.24. The highest BCUT2D eigenvalue weighted by molar-refractivity contribution is 6.32. The van der Waals surface area contributed by atoms with Gasteiger partial charge in [0.2, 0.25) is 17.5 Å². The third-order valence-corrected chi connectivity index (χ3v) is 8.94. The molecule has 308 valence electrons. The zero-order valence-corrected chi connectivity index (χ0v) is 34.1. The van der Waals surface area contributed by atoms with Gasteiger partial charge in [0.1, 0.15) is 33.9 Å². The average molecular weight is 853 g/mol. The quantitative estimate of drug-likeness (QED) is 0.0666. The number of esters is 2. The van der Waals surface area contributed by atoms with E-state index in [1.165, 1.54) is 38.6 Å². The summed E-state index contributed by atoms with van der Waals surface area (Å²) in [6.07, 6.45) is 0.449. The number of rotatable bonds is 16.